The van der Waals surface area contributed by atoms with Crippen molar-refractivity contribution < 1.29 is 14.4 Å². The minimum Gasteiger partial charge on any atom is -0.456 e. The Hall–Kier alpha value is -2.00. The van der Waals surface area contributed by atoms with E-state index in [1.54, 1.807) is 42.5 Å². The van der Waals surface area contributed by atoms with E-state index in [-0.39, 0.29) is 6.61 Å². The van der Waals surface area contributed by atoms with Crippen LogP contribution in [0.2, 0.25) is 0 Å². The first-order chi connectivity index (χ1) is 9.28. The predicted molar refractivity (Wildman–Crippen MR) is 72.1 cm³/mol. The molecule has 0 saturated heterocycles. The maximum Gasteiger partial charge on any atom is 0.145 e. The van der Waals surface area contributed by atoms with Gasteiger partial charge >= 0.3 is 0 Å². The highest BCUT2D eigenvalue weighted by Gasteiger charge is 2.07. The van der Waals surface area contributed by atoms with Gasteiger partial charge in [0.1, 0.15) is 17.6 Å². The molecule has 2 rings (SSSR count). The number of hydrogen-bond acceptors (Lipinski definition) is 5. The van der Waals surface area contributed by atoms with E-state index in [4.69, 9.17) is 14.6 Å². The standard InChI is InChI=1S/C14H11NO3S/c15-8-10-3-1-2-4-13(10)18-12-5-6-14(19-17)11(7-12)9-16/h1-7,16-17H,9H2. The maximum atomic E-state index is 9.21. The fraction of sp³-hybridized carbons (Fsp3) is 0.0714. The van der Waals surface area contributed by atoms with Gasteiger partial charge < -0.3 is 14.4 Å². The number of nitriles is 1. The summed E-state index contributed by atoms with van der Waals surface area (Å²) in [6.07, 6.45) is 0. The second-order valence-electron chi connectivity index (χ2n) is 3.73. The molecule has 0 radical (unpaired) electrons. The minimum absolute atomic E-state index is 0.194. The third-order valence-electron chi connectivity index (χ3n) is 2.54. The van der Waals surface area contributed by atoms with Gasteiger partial charge in [-0.3, -0.25) is 0 Å². The van der Waals surface area contributed by atoms with Crippen LogP contribution in [0.15, 0.2) is 47.4 Å². The second-order valence-corrected chi connectivity index (χ2v) is 4.35. The summed E-state index contributed by atoms with van der Waals surface area (Å²) in [7, 11) is 0. The van der Waals surface area contributed by atoms with Gasteiger partial charge in [-0.25, -0.2) is 0 Å². The SMILES string of the molecule is N#Cc1ccccc1Oc1ccc(SO)c(CO)c1. The molecule has 4 nitrogen and oxygen atoms in total. The van der Waals surface area contributed by atoms with Crippen molar-refractivity contribution in [1.82, 2.24) is 0 Å². The van der Waals surface area contributed by atoms with Gasteiger partial charge in [0.2, 0.25) is 0 Å². The highest BCUT2D eigenvalue weighted by molar-refractivity contribution is 7.93. The van der Waals surface area contributed by atoms with Gasteiger partial charge in [-0.2, -0.15) is 5.26 Å². The summed E-state index contributed by atoms with van der Waals surface area (Å²) in [5, 5.41) is 18.2. The van der Waals surface area contributed by atoms with Gasteiger partial charge in [-0.1, -0.05) is 12.1 Å². The minimum atomic E-state index is -0.194. The lowest BCUT2D eigenvalue weighted by molar-refractivity contribution is 0.278. The molecule has 0 aliphatic rings. The van der Waals surface area contributed by atoms with E-state index in [2.05, 4.69) is 0 Å². The number of ether oxygens (including phenoxy) is 1. The van der Waals surface area contributed by atoms with Crippen LogP contribution in [-0.2, 0) is 6.61 Å². The number of nitrogens with zero attached hydrogens (tertiary/aromatic N) is 1. The Bertz CT molecular complexity index is 622. The molecule has 5 heteroatoms. The molecular weight excluding hydrogens is 262 g/mol. The first-order valence-electron chi connectivity index (χ1n) is 5.50. The van der Waals surface area contributed by atoms with E-state index >= 15 is 0 Å². The molecule has 2 N–H and O–H groups in total. The van der Waals surface area contributed by atoms with Crippen LogP contribution < -0.4 is 4.74 Å². The van der Waals surface area contributed by atoms with Gasteiger partial charge in [0.15, 0.2) is 0 Å². The first kappa shape index (κ1) is 13.4. The van der Waals surface area contributed by atoms with Crippen LogP contribution in [0.1, 0.15) is 11.1 Å². The zero-order valence-electron chi connectivity index (χ0n) is 9.91. The zero-order valence-corrected chi connectivity index (χ0v) is 10.7. The number of aliphatic hydroxyl groups is 1. The van der Waals surface area contributed by atoms with Crippen molar-refractivity contribution in [1.29, 1.82) is 5.26 Å². The van der Waals surface area contributed by atoms with Gasteiger partial charge in [-0.05, 0) is 35.9 Å². The number of rotatable bonds is 4. The van der Waals surface area contributed by atoms with E-state index in [0.29, 0.717) is 39.6 Å². The van der Waals surface area contributed by atoms with Crippen molar-refractivity contribution in [2.75, 3.05) is 0 Å². The lowest BCUT2D eigenvalue weighted by Gasteiger charge is -2.10. The summed E-state index contributed by atoms with van der Waals surface area (Å²) in [6, 6.07) is 13.9. The van der Waals surface area contributed by atoms with Gasteiger partial charge in [0.25, 0.3) is 0 Å². The molecule has 19 heavy (non-hydrogen) atoms. The molecule has 0 spiro atoms. The normalized spacial score (nSPS) is 9.95. The number of aliphatic hydroxyl groups excluding tert-OH is 1. The topological polar surface area (TPSA) is 73.5 Å². The maximum absolute atomic E-state index is 9.21. The lowest BCUT2D eigenvalue weighted by Crippen LogP contribution is -1.92. The lowest BCUT2D eigenvalue weighted by atomic mass is 10.2. The predicted octanol–water partition coefficient (Wildman–Crippen LogP) is 3.41. The molecule has 96 valence electrons. The fourth-order valence-corrected chi connectivity index (χ4v) is 1.98. The van der Waals surface area contributed by atoms with Crippen molar-refractivity contribution in [2.24, 2.45) is 0 Å². The monoisotopic (exact) mass is 273 g/mol. The van der Waals surface area contributed by atoms with Crippen LogP contribution in [-0.4, -0.2) is 9.66 Å². The summed E-state index contributed by atoms with van der Waals surface area (Å²) < 4.78 is 14.7. The van der Waals surface area contributed by atoms with Gasteiger partial charge in [-0.15, -0.1) is 0 Å². The first-order valence-corrected chi connectivity index (χ1v) is 6.28. The van der Waals surface area contributed by atoms with Crippen molar-refractivity contribution in [3.05, 3.63) is 53.6 Å². The number of para-hydroxylation sites is 1. The molecule has 0 aromatic heterocycles. The Kier molecular flexibility index (Phi) is 4.42. The van der Waals surface area contributed by atoms with Crippen molar-refractivity contribution in [3.8, 4) is 17.6 Å². The molecule has 0 fully saturated rings. The van der Waals surface area contributed by atoms with E-state index in [0.717, 1.165) is 0 Å². The highest BCUT2D eigenvalue weighted by Crippen LogP contribution is 2.29. The van der Waals surface area contributed by atoms with Gasteiger partial charge in [0.05, 0.1) is 12.2 Å². The molecule has 2 aromatic rings. The van der Waals surface area contributed by atoms with Crippen molar-refractivity contribution in [2.45, 2.75) is 11.5 Å². The van der Waals surface area contributed by atoms with E-state index in [9.17, 15) is 5.11 Å². The average Bonchev–Trinajstić information content (AvgIpc) is 2.47. The summed E-state index contributed by atoms with van der Waals surface area (Å²) >= 11 is 0.575. The second kappa shape index (κ2) is 6.25. The zero-order chi connectivity index (χ0) is 13.7. The Morgan fingerprint density at radius 3 is 2.68 bits per heavy atom. The van der Waals surface area contributed by atoms with Crippen molar-refractivity contribution >= 4 is 12.0 Å². The van der Waals surface area contributed by atoms with Gasteiger partial charge in [0, 0.05) is 16.9 Å². The largest absolute Gasteiger partial charge is 0.456 e. The molecule has 2 aromatic carbocycles. The Morgan fingerprint density at radius 1 is 1.21 bits per heavy atom. The summed E-state index contributed by atoms with van der Waals surface area (Å²) in [6.45, 7) is -0.194. The summed E-state index contributed by atoms with van der Waals surface area (Å²) in [4.78, 5) is 0.573. The molecule has 0 saturated carbocycles. The van der Waals surface area contributed by atoms with E-state index in [1.165, 1.54) is 0 Å². The number of benzene rings is 2. The van der Waals surface area contributed by atoms with E-state index < -0.39 is 0 Å². The quantitative estimate of drug-likeness (QED) is 0.835. The van der Waals surface area contributed by atoms with E-state index in [1.807, 2.05) is 6.07 Å². The van der Waals surface area contributed by atoms with Crippen LogP contribution in [0.4, 0.5) is 0 Å². The number of hydrogen-bond donors (Lipinski definition) is 2. The van der Waals surface area contributed by atoms with Crippen LogP contribution in [0.25, 0.3) is 0 Å². The summed E-state index contributed by atoms with van der Waals surface area (Å²) in [5.41, 5.74) is 1.01. The molecule has 0 heterocycles. The third kappa shape index (κ3) is 3.06. The molecule has 0 unspecified atom stereocenters. The Labute approximate surface area is 115 Å². The molecular formula is C14H11NO3S. The molecule has 0 aliphatic carbocycles. The third-order valence-corrected chi connectivity index (χ3v) is 3.13. The molecule has 0 aliphatic heterocycles. The molecule has 0 amide bonds. The van der Waals surface area contributed by atoms with Crippen LogP contribution in [0.5, 0.6) is 11.5 Å². The smallest absolute Gasteiger partial charge is 0.145 e. The molecule has 0 atom stereocenters. The highest BCUT2D eigenvalue weighted by atomic mass is 32.2. The van der Waals surface area contributed by atoms with Crippen LogP contribution in [0, 0.1) is 11.3 Å². The van der Waals surface area contributed by atoms with Crippen molar-refractivity contribution in [3.63, 3.8) is 0 Å². The average molecular weight is 273 g/mol. The Balaban J connectivity index is 2.31. The fourth-order valence-electron chi connectivity index (χ4n) is 1.61. The summed E-state index contributed by atoms with van der Waals surface area (Å²) in [5.74, 6) is 0.961. The Morgan fingerprint density at radius 2 is 2.00 bits per heavy atom. The van der Waals surface area contributed by atoms with Crippen LogP contribution in [0.3, 0.4) is 0 Å². The van der Waals surface area contributed by atoms with Crippen LogP contribution >= 0.6 is 12.0 Å². The molecule has 0 bridgehead atoms.